The molecule has 0 aliphatic heterocycles. The summed E-state index contributed by atoms with van der Waals surface area (Å²) in [6.07, 6.45) is 8.66. The predicted octanol–water partition coefficient (Wildman–Crippen LogP) is 3.08. The Kier molecular flexibility index (Phi) is 5.41. The van der Waals surface area contributed by atoms with Crippen LogP contribution in [0, 0.1) is 5.82 Å². The second kappa shape index (κ2) is 7.85. The summed E-state index contributed by atoms with van der Waals surface area (Å²) >= 11 is 6.04. The predicted molar refractivity (Wildman–Crippen MR) is 110 cm³/mol. The van der Waals surface area contributed by atoms with Crippen molar-refractivity contribution < 1.29 is 12.8 Å². The van der Waals surface area contributed by atoms with E-state index in [2.05, 4.69) is 30.0 Å². The number of H-pyrrole nitrogens is 1. The molecule has 3 heterocycles. The van der Waals surface area contributed by atoms with Crippen LogP contribution in [0.1, 0.15) is 25.7 Å². The molecule has 2 atom stereocenters. The van der Waals surface area contributed by atoms with E-state index in [-0.39, 0.29) is 17.9 Å². The number of halogens is 2. The molecule has 154 valence electrons. The zero-order chi connectivity index (χ0) is 20.6. The molecule has 0 amide bonds. The molecule has 3 aromatic heterocycles. The lowest BCUT2D eigenvalue weighted by Gasteiger charge is -2.32. The molecule has 1 fully saturated rings. The van der Waals surface area contributed by atoms with Crippen LogP contribution >= 0.6 is 11.6 Å². The summed E-state index contributed by atoms with van der Waals surface area (Å²) in [5, 5.41) is 4.27. The number of pyridine rings is 1. The highest BCUT2D eigenvalue weighted by Gasteiger charge is 2.28. The Bertz CT molecular complexity index is 1150. The molecule has 1 saturated carbocycles. The molecule has 0 saturated heterocycles. The monoisotopic (exact) mass is 438 g/mol. The summed E-state index contributed by atoms with van der Waals surface area (Å²) in [6, 6.07) is 1.14. The molecule has 1 aliphatic carbocycles. The van der Waals surface area contributed by atoms with Gasteiger partial charge in [0.1, 0.15) is 5.65 Å². The number of anilines is 1. The number of aromatic amines is 1. The average molecular weight is 439 g/mol. The van der Waals surface area contributed by atoms with Gasteiger partial charge in [0.25, 0.3) is 0 Å². The molecular weight excluding hydrogens is 419 g/mol. The van der Waals surface area contributed by atoms with Crippen LogP contribution in [-0.4, -0.2) is 46.7 Å². The fraction of sp³-hybridized carbons (Fsp3) is 0.389. The van der Waals surface area contributed by atoms with E-state index in [0.717, 1.165) is 30.7 Å². The van der Waals surface area contributed by atoms with Crippen molar-refractivity contribution in [3.63, 3.8) is 0 Å². The van der Waals surface area contributed by atoms with Gasteiger partial charge in [0.15, 0.2) is 17.5 Å². The molecule has 3 aromatic rings. The lowest BCUT2D eigenvalue weighted by atomic mass is 9.91. The fourth-order valence-corrected chi connectivity index (χ4v) is 4.65. The number of hydrogen-bond acceptors (Lipinski definition) is 6. The Hall–Kier alpha value is -2.30. The molecule has 11 heteroatoms. The highest BCUT2D eigenvalue weighted by atomic mass is 35.5. The van der Waals surface area contributed by atoms with Crippen molar-refractivity contribution in [3.05, 3.63) is 35.5 Å². The van der Waals surface area contributed by atoms with Gasteiger partial charge in [0, 0.05) is 35.4 Å². The van der Waals surface area contributed by atoms with E-state index in [1.54, 1.807) is 12.3 Å². The first kappa shape index (κ1) is 20.0. The van der Waals surface area contributed by atoms with Crippen molar-refractivity contribution in [1.29, 1.82) is 0 Å². The number of sulfonamides is 1. The van der Waals surface area contributed by atoms with Gasteiger partial charge in [0.05, 0.1) is 17.5 Å². The molecule has 0 unspecified atom stereocenters. The topological polar surface area (TPSA) is 113 Å². The number of rotatable bonds is 5. The third kappa shape index (κ3) is 4.49. The first-order chi connectivity index (χ1) is 13.8. The van der Waals surface area contributed by atoms with Gasteiger partial charge in [-0.2, -0.15) is 0 Å². The van der Waals surface area contributed by atoms with Crippen molar-refractivity contribution in [2.24, 2.45) is 0 Å². The first-order valence-corrected chi connectivity index (χ1v) is 11.5. The number of hydrogen-bond donors (Lipinski definition) is 3. The summed E-state index contributed by atoms with van der Waals surface area (Å²) in [5.41, 5.74) is 1.27. The lowest BCUT2D eigenvalue weighted by molar-refractivity contribution is 0.377. The zero-order valence-electron chi connectivity index (χ0n) is 15.6. The summed E-state index contributed by atoms with van der Waals surface area (Å²) in [6.45, 7) is 0. The molecule has 1 aliphatic rings. The van der Waals surface area contributed by atoms with Gasteiger partial charge in [-0.3, -0.25) is 0 Å². The van der Waals surface area contributed by atoms with Gasteiger partial charge in [-0.1, -0.05) is 24.4 Å². The summed E-state index contributed by atoms with van der Waals surface area (Å²) in [7, 11) is -3.37. The average Bonchev–Trinajstić information content (AvgIpc) is 3.07. The lowest BCUT2D eigenvalue weighted by Crippen LogP contribution is -2.48. The van der Waals surface area contributed by atoms with Gasteiger partial charge in [-0.25, -0.2) is 32.5 Å². The van der Waals surface area contributed by atoms with E-state index < -0.39 is 15.8 Å². The SMILES string of the molecule is CS(=O)(=O)N[C@H]1CCCC[C@@H]1Nc1nc(-c2c[nH]c3ncc(Cl)cc23)ncc1F. The number of nitrogens with one attached hydrogen (secondary N) is 3. The van der Waals surface area contributed by atoms with Crippen LogP contribution in [0.2, 0.25) is 5.02 Å². The summed E-state index contributed by atoms with van der Waals surface area (Å²) in [5.74, 6) is -0.257. The van der Waals surface area contributed by atoms with Crippen LogP contribution in [-0.2, 0) is 10.0 Å². The minimum absolute atomic E-state index is 0.0338. The largest absolute Gasteiger partial charge is 0.363 e. The second-order valence-corrected chi connectivity index (χ2v) is 9.39. The first-order valence-electron chi connectivity index (χ1n) is 9.19. The zero-order valence-corrected chi connectivity index (χ0v) is 17.2. The van der Waals surface area contributed by atoms with Crippen molar-refractivity contribution in [2.45, 2.75) is 37.8 Å². The van der Waals surface area contributed by atoms with Crippen molar-refractivity contribution in [3.8, 4) is 11.4 Å². The Morgan fingerprint density at radius 3 is 2.72 bits per heavy atom. The maximum absolute atomic E-state index is 14.4. The van der Waals surface area contributed by atoms with Crippen LogP contribution in [0.3, 0.4) is 0 Å². The van der Waals surface area contributed by atoms with Crippen molar-refractivity contribution >= 4 is 38.5 Å². The third-order valence-electron chi connectivity index (χ3n) is 4.94. The minimum atomic E-state index is -3.37. The van der Waals surface area contributed by atoms with Crippen molar-refractivity contribution in [2.75, 3.05) is 11.6 Å². The van der Waals surface area contributed by atoms with Crippen LogP contribution in [0.25, 0.3) is 22.4 Å². The fourth-order valence-electron chi connectivity index (χ4n) is 3.66. The second-order valence-electron chi connectivity index (χ2n) is 7.17. The van der Waals surface area contributed by atoms with Gasteiger partial charge in [0.2, 0.25) is 10.0 Å². The van der Waals surface area contributed by atoms with Crippen LogP contribution < -0.4 is 10.0 Å². The van der Waals surface area contributed by atoms with Gasteiger partial charge >= 0.3 is 0 Å². The summed E-state index contributed by atoms with van der Waals surface area (Å²) in [4.78, 5) is 15.7. The summed E-state index contributed by atoms with van der Waals surface area (Å²) < 4.78 is 40.4. The van der Waals surface area contributed by atoms with Gasteiger partial charge in [-0.05, 0) is 18.9 Å². The minimum Gasteiger partial charge on any atom is -0.363 e. The van der Waals surface area contributed by atoms with Crippen LogP contribution in [0.4, 0.5) is 10.2 Å². The maximum atomic E-state index is 14.4. The van der Waals surface area contributed by atoms with E-state index in [1.165, 1.54) is 6.20 Å². The number of fused-ring (bicyclic) bond motifs is 1. The third-order valence-corrected chi connectivity index (χ3v) is 5.87. The van der Waals surface area contributed by atoms with Crippen LogP contribution in [0.5, 0.6) is 0 Å². The quantitative estimate of drug-likeness (QED) is 0.564. The highest BCUT2D eigenvalue weighted by molar-refractivity contribution is 7.88. The Labute approximate surface area is 172 Å². The Balaban J connectivity index is 1.65. The van der Waals surface area contributed by atoms with E-state index in [0.29, 0.717) is 34.9 Å². The molecule has 0 bridgehead atoms. The molecule has 29 heavy (non-hydrogen) atoms. The highest BCUT2D eigenvalue weighted by Crippen LogP contribution is 2.29. The normalized spacial score (nSPS) is 20.1. The van der Waals surface area contributed by atoms with E-state index in [1.807, 2.05) is 0 Å². The van der Waals surface area contributed by atoms with E-state index >= 15 is 0 Å². The number of nitrogens with zero attached hydrogens (tertiary/aromatic N) is 3. The maximum Gasteiger partial charge on any atom is 0.209 e. The molecular formula is C18H20ClFN6O2S. The molecule has 3 N–H and O–H groups in total. The standard InChI is InChI=1S/C18H20ClFN6O2S/c1-29(27,28)26-15-5-3-2-4-14(15)24-18-13(20)9-23-17(25-18)12-8-22-16-11(12)6-10(19)7-21-16/h6-9,14-15,26H,2-5H2,1H3,(H,21,22)(H,23,24,25)/t14-,15-/m0/s1. The van der Waals surface area contributed by atoms with Gasteiger partial charge in [-0.15, -0.1) is 0 Å². The molecule has 8 nitrogen and oxygen atoms in total. The van der Waals surface area contributed by atoms with E-state index in [9.17, 15) is 12.8 Å². The Morgan fingerprint density at radius 1 is 1.21 bits per heavy atom. The molecule has 0 radical (unpaired) electrons. The smallest absolute Gasteiger partial charge is 0.209 e. The number of aromatic nitrogens is 4. The molecule has 0 aromatic carbocycles. The van der Waals surface area contributed by atoms with Gasteiger partial charge < -0.3 is 10.3 Å². The van der Waals surface area contributed by atoms with E-state index in [4.69, 9.17) is 11.6 Å². The molecule has 4 rings (SSSR count). The van der Waals surface area contributed by atoms with Crippen LogP contribution in [0.15, 0.2) is 24.7 Å². The Morgan fingerprint density at radius 2 is 1.97 bits per heavy atom. The molecule has 0 spiro atoms. The van der Waals surface area contributed by atoms with Crippen molar-refractivity contribution in [1.82, 2.24) is 24.7 Å².